The molecule has 0 aromatic rings. The van der Waals surface area contributed by atoms with Gasteiger partial charge in [0.25, 0.3) is 0 Å². The van der Waals surface area contributed by atoms with Crippen LogP contribution in [-0.4, -0.2) is 53.0 Å². The number of hydrogen-bond donors (Lipinski definition) is 3. The largest absolute Gasteiger partial charge is 3.00 e. The first-order valence-corrected chi connectivity index (χ1v) is 3.23. The molecule has 0 aliphatic rings. The van der Waals surface area contributed by atoms with Gasteiger partial charge in [-0.05, 0) is 0 Å². The number of aliphatic carboxylic acids is 3. The maximum Gasteiger partial charge on any atom is 3.00 e. The monoisotopic (exact) mass is 422 g/mol. The number of carbonyl (C=O) groups excluding carboxylic acids is 3. The summed E-state index contributed by atoms with van der Waals surface area (Å²) in [5.41, 5.74) is 0. The van der Waals surface area contributed by atoms with Crippen molar-refractivity contribution in [3.8, 4) is 0 Å². The van der Waals surface area contributed by atoms with Crippen LogP contribution in [0.1, 0.15) is 0 Å². The second kappa shape index (κ2) is 19.6. The average molecular weight is 422 g/mol. The molecular formula is C6H9AuO9. The van der Waals surface area contributed by atoms with Gasteiger partial charge in [-0.1, -0.05) is 0 Å². The van der Waals surface area contributed by atoms with Crippen LogP contribution in [0.5, 0.6) is 0 Å². The fourth-order valence-corrected chi connectivity index (χ4v) is 0. The van der Waals surface area contributed by atoms with Gasteiger partial charge in [-0.2, -0.15) is 0 Å². The first-order chi connectivity index (χ1) is 6.81. The van der Waals surface area contributed by atoms with E-state index in [9.17, 15) is 0 Å². The van der Waals surface area contributed by atoms with Crippen LogP contribution in [-0.2, 0) is 36.8 Å². The molecule has 16 heavy (non-hydrogen) atoms. The van der Waals surface area contributed by atoms with Gasteiger partial charge in [0.2, 0.25) is 0 Å². The van der Waals surface area contributed by atoms with Crippen LogP contribution >= 0.6 is 0 Å². The number of aliphatic hydroxyl groups is 3. The SMILES string of the molecule is O=C([O-])CO.O=C([O-])CO.O=C([O-])CO.[Au+3]. The predicted molar refractivity (Wildman–Crippen MR) is 36.3 cm³/mol. The van der Waals surface area contributed by atoms with E-state index < -0.39 is 37.7 Å². The van der Waals surface area contributed by atoms with Crippen molar-refractivity contribution in [1.82, 2.24) is 0 Å². The molecule has 10 heteroatoms. The van der Waals surface area contributed by atoms with E-state index in [-0.39, 0.29) is 22.4 Å². The molecule has 0 atom stereocenters. The summed E-state index contributed by atoms with van der Waals surface area (Å²) in [5, 5.41) is 49.5. The molecule has 0 aromatic heterocycles. The van der Waals surface area contributed by atoms with E-state index in [1.165, 1.54) is 0 Å². The maximum atomic E-state index is 9.01. The predicted octanol–water partition coefficient (Wildman–Crippen LogP) is -6.82. The molecule has 0 saturated heterocycles. The molecule has 0 aromatic carbocycles. The fourth-order valence-electron chi connectivity index (χ4n) is 0. The molecule has 0 fully saturated rings. The number of aliphatic hydroxyl groups excluding tert-OH is 3. The summed E-state index contributed by atoms with van der Waals surface area (Å²) in [6.07, 6.45) is 0. The molecule has 9 nitrogen and oxygen atoms in total. The van der Waals surface area contributed by atoms with Gasteiger partial charge in [0, 0.05) is 0 Å². The molecule has 0 heterocycles. The van der Waals surface area contributed by atoms with Crippen LogP contribution in [0.15, 0.2) is 0 Å². The van der Waals surface area contributed by atoms with E-state index >= 15 is 0 Å². The summed E-state index contributed by atoms with van der Waals surface area (Å²) in [7, 11) is 0. The van der Waals surface area contributed by atoms with Gasteiger partial charge in [0.1, 0.15) is 0 Å². The second-order valence-corrected chi connectivity index (χ2v) is 1.59. The van der Waals surface area contributed by atoms with Gasteiger partial charge in [0.15, 0.2) is 0 Å². The van der Waals surface area contributed by atoms with Crippen LogP contribution in [0.2, 0.25) is 0 Å². The Bertz CT molecular complexity index is 159. The van der Waals surface area contributed by atoms with Gasteiger partial charge in [0.05, 0.1) is 37.7 Å². The number of carboxylic acid groups (broad SMARTS) is 3. The Hall–Kier alpha value is -0.970. The van der Waals surface area contributed by atoms with Gasteiger partial charge in [-0.15, -0.1) is 0 Å². The summed E-state index contributed by atoms with van der Waals surface area (Å²) in [4.78, 5) is 27.0. The minimum absolute atomic E-state index is 0. The van der Waals surface area contributed by atoms with E-state index in [1.807, 2.05) is 0 Å². The van der Waals surface area contributed by atoms with Crippen molar-refractivity contribution in [1.29, 1.82) is 0 Å². The summed E-state index contributed by atoms with van der Waals surface area (Å²) < 4.78 is 0. The Morgan fingerprint density at radius 2 is 0.750 bits per heavy atom. The maximum absolute atomic E-state index is 9.01. The molecule has 0 aliphatic carbocycles. The summed E-state index contributed by atoms with van der Waals surface area (Å²) >= 11 is 0. The molecule has 0 amide bonds. The third-order valence-electron chi connectivity index (χ3n) is 0.387. The average Bonchev–Trinajstić information content (AvgIpc) is 2.19. The Morgan fingerprint density at radius 1 is 0.688 bits per heavy atom. The van der Waals surface area contributed by atoms with Crippen LogP contribution in [0, 0.1) is 0 Å². The molecular weight excluding hydrogens is 413 g/mol. The van der Waals surface area contributed by atoms with E-state index in [0.717, 1.165) is 0 Å². The molecule has 0 rings (SSSR count). The van der Waals surface area contributed by atoms with E-state index in [0.29, 0.717) is 0 Å². The van der Waals surface area contributed by atoms with Gasteiger partial charge < -0.3 is 45.0 Å². The second-order valence-electron chi connectivity index (χ2n) is 1.59. The number of rotatable bonds is 3. The zero-order valence-electron chi connectivity index (χ0n) is 7.71. The Morgan fingerprint density at radius 3 is 0.750 bits per heavy atom. The molecule has 3 N–H and O–H groups in total. The van der Waals surface area contributed by atoms with Gasteiger partial charge in [-0.25, -0.2) is 0 Å². The smallest absolute Gasteiger partial charge is 0.548 e. The first-order valence-electron chi connectivity index (χ1n) is 3.23. The molecule has 0 radical (unpaired) electrons. The van der Waals surface area contributed by atoms with E-state index in [1.54, 1.807) is 0 Å². The summed E-state index contributed by atoms with van der Waals surface area (Å²) in [6, 6.07) is 0. The third-order valence-corrected chi connectivity index (χ3v) is 0.387. The minimum atomic E-state index is -1.44. The molecule has 0 aliphatic heterocycles. The number of carboxylic acids is 3. The fraction of sp³-hybridized carbons (Fsp3) is 0.500. The topological polar surface area (TPSA) is 181 Å². The van der Waals surface area contributed by atoms with Crippen molar-refractivity contribution in [3.05, 3.63) is 0 Å². The quantitative estimate of drug-likeness (QED) is 0.373. The standard InChI is InChI=1S/3C2H4O3.Au/c3*3-1-2(4)5;/h3*3H,1H2,(H,4,5);/q;;;+3/p-3. The number of carbonyl (C=O) groups is 3. The van der Waals surface area contributed by atoms with Crippen molar-refractivity contribution in [2.45, 2.75) is 0 Å². The van der Waals surface area contributed by atoms with Crippen molar-refractivity contribution < 1.29 is 67.4 Å². The first kappa shape index (κ1) is 24.3. The Balaban J connectivity index is -0.0000000655. The minimum Gasteiger partial charge on any atom is -0.548 e. The van der Waals surface area contributed by atoms with Crippen LogP contribution < -0.4 is 15.3 Å². The molecule has 0 spiro atoms. The molecule has 0 bridgehead atoms. The van der Waals surface area contributed by atoms with Gasteiger partial charge >= 0.3 is 22.4 Å². The van der Waals surface area contributed by atoms with Crippen LogP contribution in [0.4, 0.5) is 0 Å². The van der Waals surface area contributed by atoms with Crippen molar-refractivity contribution in [3.63, 3.8) is 0 Å². The normalized spacial score (nSPS) is 6.94. The van der Waals surface area contributed by atoms with E-state index in [4.69, 9.17) is 45.0 Å². The molecule has 98 valence electrons. The van der Waals surface area contributed by atoms with Crippen LogP contribution in [0.25, 0.3) is 0 Å². The molecule has 0 unspecified atom stereocenters. The van der Waals surface area contributed by atoms with Crippen molar-refractivity contribution in [2.24, 2.45) is 0 Å². The summed E-state index contributed by atoms with van der Waals surface area (Å²) in [5.74, 6) is -4.32. The van der Waals surface area contributed by atoms with Crippen LogP contribution in [0.3, 0.4) is 0 Å². The molecule has 0 saturated carbocycles. The van der Waals surface area contributed by atoms with Gasteiger partial charge in [-0.3, -0.25) is 0 Å². The zero-order chi connectivity index (χ0) is 12.9. The Labute approximate surface area is 105 Å². The van der Waals surface area contributed by atoms with E-state index in [2.05, 4.69) is 0 Å². The number of hydrogen-bond acceptors (Lipinski definition) is 9. The van der Waals surface area contributed by atoms with Crippen molar-refractivity contribution >= 4 is 17.9 Å². The zero-order valence-corrected chi connectivity index (χ0v) is 9.88. The third kappa shape index (κ3) is 74.5. The summed E-state index contributed by atoms with van der Waals surface area (Å²) in [6.45, 7) is -2.67. The van der Waals surface area contributed by atoms with Crippen molar-refractivity contribution in [2.75, 3.05) is 19.8 Å². The Kier molecular flexibility index (Phi) is 29.8.